The second-order valence-corrected chi connectivity index (χ2v) is 9.27. The molecule has 0 radical (unpaired) electrons. The second kappa shape index (κ2) is 9.80. The van der Waals surface area contributed by atoms with E-state index in [4.69, 9.17) is 10.5 Å². The van der Waals surface area contributed by atoms with E-state index in [1.54, 1.807) is 6.07 Å². The Hall–Kier alpha value is -4.22. The summed E-state index contributed by atoms with van der Waals surface area (Å²) in [5.41, 5.74) is 5.74. The summed E-state index contributed by atoms with van der Waals surface area (Å²) in [5, 5.41) is 2.62. The number of urea groups is 1. The minimum absolute atomic E-state index is 0.110. The number of carbonyl (C=O) groups is 4. The van der Waals surface area contributed by atoms with E-state index >= 15 is 0 Å². The predicted octanol–water partition coefficient (Wildman–Crippen LogP) is 0.840. The van der Waals surface area contributed by atoms with Gasteiger partial charge in [-0.3, -0.25) is 19.5 Å². The third-order valence-electron chi connectivity index (χ3n) is 6.29. The molecule has 0 bridgehead atoms. The summed E-state index contributed by atoms with van der Waals surface area (Å²) < 4.78 is 6.27. The van der Waals surface area contributed by atoms with Gasteiger partial charge in [-0.15, -0.1) is 0 Å². The quantitative estimate of drug-likeness (QED) is 0.635. The van der Waals surface area contributed by atoms with Crippen LogP contribution in [0.1, 0.15) is 31.4 Å². The summed E-state index contributed by atoms with van der Waals surface area (Å²) in [7, 11) is 0. The van der Waals surface area contributed by atoms with E-state index in [-0.39, 0.29) is 37.8 Å². The maximum Gasteiger partial charge on any atom is 0.405 e. The SMILES string of the molecule is CC(C)(OC(N)=O)C(=O)N1CCN(C(=O)Nc2ccn(-c3ccc4c(c3)CCC(=O)C4)c(=O)n2)CC1. The van der Waals surface area contributed by atoms with Gasteiger partial charge in [0.25, 0.3) is 5.91 Å². The fourth-order valence-corrected chi connectivity index (χ4v) is 4.39. The average molecular weight is 497 g/mol. The summed E-state index contributed by atoms with van der Waals surface area (Å²) in [6, 6.07) is 6.61. The molecule has 1 aromatic heterocycles. The van der Waals surface area contributed by atoms with Crippen molar-refractivity contribution in [2.45, 2.75) is 38.7 Å². The largest absolute Gasteiger partial charge is 0.434 e. The van der Waals surface area contributed by atoms with Gasteiger partial charge in [0, 0.05) is 45.2 Å². The number of primary amides is 1. The normalized spacial score (nSPS) is 15.8. The Kier molecular flexibility index (Phi) is 6.77. The number of ether oxygens (including phenoxy) is 1. The third kappa shape index (κ3) is 5.37. The van der Waals surface area contributed by atoms with Crippen LogP contribution in [0.2, 0.25) is 0 Å². The third-order valence-corrected chi connectivity index (χ3v) is 6.29. The van der Waals surface area contributed by atoms with Crippen molar-refractivity contribution in [3.63, 3.8) is 0 Å². The lowest BCUT2D eigenvalue weighted by molar-refractivity contribution is -0.149. The molecule has 1 fully saturated rings. The van der Waals surface area contributed by atoms with E-state index in [1.807, 2.05) is 12.1 Å². The summed E-state index contributed by atoms with van der Waals surface area (Å²) in [6.07, 6.45) is 2.06. The van der Waals surface area contributed by atoms with Crippen LogP contribution < -0.4 is 16.7 Å². The molecule has 12 nitrogen and oxygen atoms in total. The van der Waals surface area contributed by atoms with Crippen LogP contribution in [0, 0.1) is 0 Å². The molecular weight excluding hydrogens is 468 g/mol. The molecule has 0 spiro atoms. The van der Waals surface area contributed by atoms with Crippen molar-refractivity contribution >= 4 is 29.6 Å². The number of amides is 4. The lowest BCUT2D eigenvalue weighted by Crippen LogP contribution is -2.56. The summed E-state index contributed by atoms with van der Waals surface area (Å²) in [4.78, 5) is 67.6. The maximum absolute atomic E-state index is 12.7. The molecule has 1 aliphatic heterocycles. The van der Waals surface area contributed by atoms with Gasteiger partial charge >= 0.3 is 17.8 Å². The topological polar surface area (TPSA) is 157 Å². The van der Waals surface area contributed by atoms with Crippen molar-refractivity contribution in [1.29, 1.82) is 0 Å². The Morgan fingerprint density at radius 1 is 1.00 bits per heavy atom. The molecule has 3 N–H and O–H groups in total. The number of aryl methyl sites for hydroxylation is 1. The Bertz CT molecular complexity index is 1280. The Balaban J connectivity index is 1.37. The average Bonchev–Trinajstić information content (AvgIpc) is 2.82. The van der Waals surface area contributed by atoms with Crippen LogP contribution in [0.15, 0.2) is 35.3 Å². The fourth-order valence-electron chi connectivity index (χ4n) is 4.39. The van der Waals surface area contributed by atoms with E-state index in [9.17, 15) is 24.0 Å². The highest BCUT2D eigenvalue weighted by Crippen LogP contribution is 2.22. The Morgan fingerprint density at radius 3 is 2.36 bits per heavy atom. The number of benzene rings is 1. The van der Waals surface area contributed by atoms with Crippen LogP contribution in [0.4, 0.5) is 15.4 Å². The Labute approximate surface area is 207 Å². The van der Waals surface area contributed by atoms with Gasteiger partial charge in [0.15, 0.2) is 5.60 Å². The van der Waals surface area contributed by atoms with Gasteiger partial charge in [0.2, 0.25) is 0 Å². The van der Waals surface area contributed by atoms with Gasteiger partial charge < -0.3 is 20.3 Å². The lowest BCUT2D eigenvalue weighted by atomic mass is 9.90. The van der Waals surface area contributed by atoms with E-state index in [1.165, 1.54) is 40.5 Å². The first-order valence-electron chi connectivity index (χ1n) is 11.6. The van der Waals surface area contributed by atoms with Gasteiger partial charge in [-0.2, -0.15) is 4.98 Å². The first-order chi connectivity index (χ1) is 17.0. The summed E-state index contributed by atoms with van der Waals surface area (Å²) in [6.45, 7) is 3.90. The van der Waals surface area contributed by atoms with E-state index in [0.29, 0.717) is 24.9 Å². The van der Waals surface area contributed by atoms with Crippen LogP contribution >= 0.6 is 0 Å². The smallest absolute Gasteiger partial charge is 0.405 e. The van der Waals surface area contributed by atoms with Crippen molar-refractivity contribution in [2.24, 2.45) is 5.73 Å². The van der Waals surface area contributed by atoms with E-state index < -0.39 is 29.3 Å². The van der Waals surface area contributed by atoms with Gasteiger partial charge in [-0.05, 0) is 49.6 Å². The molecular formula is C24H28N6O6. The van der Waals surface area contributed by atoms with Crippen molar-refractivity contribution < 1.29 is 23.9 Å². The van der Waals surface area contributed by atoms with Crippen LogP contribution in [0.5, 0.6) is 0 Å². The van der Waals surface area contributed by atoms with Gasteiger partial charge in [-0.25, -0.2) is 14.4 Å². The van der Waals surface area contributed by atoms with Crippen molar-refractivity contribution in [3.05, 3.63) is 52.1 Å². The molecule has 4 rings (SSSR count). The van der Waals surface area contributed by atoms with E-state index in [0.717, 1.165) is 11.1 Å². The number of hydrogen-bond donors (Lipinski definition) is 2. The number of nitrogens with zero attached hydrogens (tertiary/aromatic N) is 4. The highest BCUT2D eigenvalue weighted by molar-refractivity contribution is 5.89. The number of hydrogen-bond acceptors (Lipinski definition) is 7. The predicted molar refractivity (Wildman–Crippen MR) is 129 cm³/mol. The number of nitrogens with one attached hydrogen (secondary N) is 1. The monoisotopic (exact) mass is 496 g/mol. The molecule has 1 aliphatic carbocycles. The van der Waals surface area contributed by atoms with Crippen molar-refractivity contribution in [2.75, 3.05) is 31.5 Å². The fraction of sp³-hybridized carbons (Fsp3) is 0.417. The molecule has 36 heavy (non-hydrogen) atoms. The molecule has 4 amide bonds. The second-order valence-electron chi connectivity index (χ2n) is 9.27. The first-order valence-corrected chi connectivity index (χ1v) is 11.6. The zero-order valence-corrected chi connectivity index (χ0v) is 20.2. The molecule has 0 atom stereocenters. The Morgan fingerprint density at radius 2 is 1.69 bits per heavy atom. The standard InChI is InChI=1S/C24H28N6O6/c1-24(2,36-21(25)33)20(32)28-9-11-29(12-10-28)22(34)26-19-7-8-30(23(35)27-19)17-5-3-16-14-18(31)6-4-15(16)13-17/h3,5,7-8,13H,4,6,9-12,14H2,1-2H3,(H2,25,33)(H,26,27,34,35). The highest BCUT2D eigenvalue weighted by Gasteiger charge is 2.37. The molecule has 0 saturated carbocycles. The number of ketones is 1. The maximum atomic E-state index is 12.7. The van der Waals surface area contributed by atoms with Gasteiger partial charge in [-0.1, -0.05) is 6.07 Å². The summed E-state index contributed by atoms with van der Waals surface area (Å²) in [5.74, 6) is -0.0807. The molecule has 2 aromatic rings. The number of aromatic nitrogens is 2. The van der Waals surface area contributed by atoms with Crippen LogP contribution in [0.25, 0.3) is 5.69 Å². The first kappa shape index (κ1) is 24.9. The molecule has 190 valence electrons. The van der Waals surface area contributed by atoms with Crippen LogP contribution in [-0.2, 0) is 27.2 Å². The van der Waals surface area contributed by atoms with Crippen LogP contribution in [-0.4, -0.2) is 74.9 Å². The number of anilines is 1. The minimum Gasteiger partial charge on any atom is -0.434 e. The van der Waals surface area contributed by atoms with Gasteiger partial charge in [0.05, 0.1) is 5.69 Å². The summed E-state index contributed by atoms with van der Waals surface area (Å²) >= 11 is 0. The number of piperazine rings is 1. The molecule has 2 heterocycles. The number of rotatable bonds is 4. The number of Topliss-reactive ketones (excluding diaryl/α,β-unsaturated/α-hetero) is 1. The lowest BCUT2D eigenvalue weighted by Gasteiger charge is -2.37. The minimum atomic E-state index is -1.40. The number of nitrogens with two attached hydrogens (primary N) is 1. The highest BCUT2D eigenvalue weighted by atomic mass is 16.6. The molecule has 1 saturated heterocycles. The van der Waals surface area contributed by atoms with Crippen molar-refractivity contribution in [3.8, 4) is 5.69 Å². The molecule has 0 unspecified atom stereocenters. The molecule has 1 aromatic carbocycles. The van der Waals surface area contributed by atoms with Gasteiger partial charge in [0.1, 0.15) is 11.6 Å². The van der Waals surface area contributed by atoms with Crippen molar-refractivity contribution in [1.82, 2.24) is 19.4 Å². The van der Waals surface area contributed by atoms with Crippen LogP contribution in [0.3, 0.4) is 0 Å². The zero-order chi connectivity index (χ0) is 26.0. The molecule has 12 heteroatoms. The number of carbonyl (C=O) groups excluding carboxylic acids is 4. The zero-order valence-electron chi connectivity index (χ0n) is 20.2. The molecule has 2 aliphatic rings. The number of fused-ring (bicyclic) bond motifs is 1. The van der Waals surface area contributed by atoms with E-state index in [2.05, 4.69) is 10.3 Å².